The number of amides is 1. The van der Waals surface area contributed by atoms with Gasteiger partial charge in [-0.2, -0.15) is 0 Å². The van der Waals surface area contributed by atoms with Crippen molar-refractivity contribution < 1.29 is 14.3 Å². The molecule has 0 fully saturated rings. The maximum absolute atomic E-state index is 12.4. The molecule has 2 aromatic rings. The Hall–Kier alpha value is -2.62. The third kappa shape index (κ3) is 4.69. The summed E-state index contributed by atoms with van der Waals surface area (Å²) in [6, 6.07) is 9.52. The number of nitrogens with one attached hydrogen (secondary N) is 1. The smallest absolute Gasteiger partial charge is 0.338 e. The molecule has 0 aliphatic rings. The molecule has 0 aliphatic heterocycles. The van der Waals surface area contributed by atoms with E-state index in [1.54, 1.807) is 19.1 Å². The summed E-state index contributed by atoms with van der Waals surface area (Å²) >= 11 is 0. The van der Waals surface area contributed by atoms with Crippen LogP contribution in [0.3, 0.4) is 0 Å². The number of hydrogen-bond donors (Lipinski definition) is 1. The van der Waals surface area contributed by atoms with Gasteiger partial charge in [0, 0.05) is 5.69 Å². The predicted octanol–water partition coefficient (Wildman–Crippen LogP) is 4.41. The van der Waals surface area contributed by atoms with Crippen LogP contribution in [0, 0.1) is 34.6 Å². The summed E-state index contributed by atoms with van der Waals surface area (Å²) in [6.07, 6.45) is -0.881. The number of aryl methyl sites for hydroxylation is 5. The lowest BCUT2D eigenvalue weighted by Gasteiger charge is -2.17. The van der Waals surface area contributed by atoms with Crippen molar-refractivity contribution in [1.29, 1.82) is 0 Å². The summed E-state index contributed by atoms with van der Waals surface area (Å²) in [6.45, 7) is 11.3. The second-order valence-electron chi connectivity index (χ2n) is 6.69. The number of hydrogen-bond acceptors (Lipinski definition) is 3. The Morgan fingerprint density at radius 1 is 0.840 bits per heavy atom. The number of benzene rings is 2. The molecule has 4 nitrogen and oxygen atoms in total. The van der Waals surface area contributed by atoms with Gasteiger partial charge in [-0.05, 0) is 64.8 Å². The Balaban J connectivity index is 2.09. The highest BCUT2D eigenvalue weighted by molar-refractivity contribution is 5.98. The molecule has 0 saturated heterocycles. The highest BCUT2D eigenvalue weighted by atomic mass is 16.5. The second kappa shape index (κ2) is 7.51. The lowest BCUT2D eigenvalue weighted by atomic mass is 10.0. The van der Waals surface area contributed by atoms with E-state index in [0.717, 1.165) is 33.5 Å². The standard InChI is InChI=1S/C21H25NO3/c1-12-7-13(2)11-18(10-12)21(24)25-17(6)20(23)22-19-15(4)8-14(3)9-16(19)5/h7-11,17H,1-6H3,(H,22,23)/t17-/m0/s1. The van der Waals surface area contributed by atoms with Crippen molar-refractivity contribution >= 4 is 17.6 Å². The molecule has 0 heterocycles. The van der Waals surface area contributed by atoms with Gasteiger partial charge in [0.2, 0.25) is 0 Å². The highest BCUT2D eigenvalue weighted by Gasteiger charge is 2.20. The summed E-state index contributed by atoms with van der Waals surface area (Å²) in [5, 5.41) is 2.87. The molecule has 25 heavy (non-hydrogen) atoms. The Bertz CT molecular complexity index is 781. The maximum Gasteiger partial charge on any atom is 0.338 e. The fourth-order valence-electron chi connectivity index (χ4n) is 2.98. The molecule has 0 bridgehead atoms. The first kappa shape index (κ1) is 18.7. The van der Waals surface area contributed by atoms with E-state index >= 15 is 0 Å². The van der Waals surface area contributed by atoms with Gasteiger partial charge < -0.3 is 10.1 Å². The number of ether oxygens (including phenoxy) is 1. The van der Waals surface area contributed by atoms with E-state index in [1.165, 1.54) is 0 Å². The minimum absolute atomic E-state index is 0.340. The minimum atomic E-state index is -0.881. The van der Waals surface area contributed by atoms with E-state index in [4.69, 9.17) is 4.74 Å². The molecule has 0 spiro atoms. The number of anilines is 1. The zero-order chi connectivity index (χ0) is 18.7. The van der Waals surface area contributed by atoms with Crippen LogP contribution in [-0.2, 0) is 9.53 Å². The third-order valence-corrected chi connectivity index (χ3v) is 4.04. The van der Waals surface area contributed by atoms with E-state index in [-0.39, 0.29) is 5.91 Å². The SMILES string of the molecule is Cc1cc(C)cc(C(=O)O[C@@H](C)C(=O)Nc2c(C)cc(C)cc2C)c1. The molecular weight excluding hydrogens is 314 g/mol. The van der Waals surface area contributed by atoms with Crippen LogP contribution in [0.15, 0.2) is 30.3 Å². The zero-order valence-corrected chi connectivity index (χ0v) is 15.7. The predicted molar refractivity (Wildman–Crippen MR) is 100 cm³/mol. The Morgan fingerprint density at radius 3 is 1.84 bits per heavy atom. The molecule has 1 amide bonds. The lowest BCUT2D eigenvalue weighted by Crippen LogP contribution is -2.30. The number of rotatable bonds is 4. The quantitative estimate of drug-likeness (QED) is 0.839. The molecule has 2 aromatic carbocycles. The first-order valence-electron chi connectivity index (χ1n) is 8.35. The van der Waals surface area contributed by atoms with Gasteiger partial charge >= 0.3 is 5.97 Å². The van der Waals surface area contributed by atoms with Crippen molar-refractivity contribution in [3.8, 4) is 0 Å². The molecule has 4 heteroatoms. The van der Waals surface area contributed by atoms with Gasteiger partial charge in [0.05, 0.1) is 5.56 Å². The summed E-state index contributed by atoms with van der Waals surface area (Å²) in [7, 11) is 0. The van der Waals surface area contributed by atoms with Gasteiger partial charge in [-0.25, -0.2) is 4.79 Å². The van der Waals surface area contributed by atoms with Gasteiger partial charge in [0.15, 0.2) is 6.10 Å². The molecule has 2 rings (SSSR count). The Kier molecular flexibility index (Phi) is 5.62. The number of carbonyl (C=O) groups is 2. The van der Waals surface area contributed by atoms with Crippen molar-refractivity contribution in [3.05, 3.63) is 63.7 Å². The normalized spacial score (nSPS) is 11.8. The van der Waals surface area contributed by atoms with Crippen LogP contribution in [0.4, 0.5) is 5.69 Å². The van der Waals surface area contributed by atoms with Crippen LogP contribution in [0.5, 0.6) is 0 Å². The van der Waals surface area contributed by atoms with E-state index in [2.05, 4.69) is 5.32 Å². The first-order chi connectivity index (χ1) is 11.7. The van der Waals surface area contributed by atoms with Crippen molar-refractivity contribution in [3.63, 3.8) is 0 Å². The Labute approximate surface area is 149 Å². The number of carbonyl (C=O) groups excluding carboxylic acids is 2. The molecule has 0 aromatic heterocycles. The average Bonchev–Trinajstić information content (AvgIpc) is 2.49. The van der Waals surface area contributed by atoms with E-state index < -0.39 is 12.1 Å². The van der Waals surface area contributed by atoms with E-state index in [1.807, 2.05) is 52.8 Å². The van der Waals surface area contributed by atoms with Crippen molar-refractivity contribution in [2.24, 2.45) is 0 Å². The monoisotopic (exact) mass is 339 g/mol. The van der Waals surface area contributed by atoms with Crippen LogP contribution >= 0.6 is 0 Å². The largest absolute Gasteiger partial charge is 0.449 e. The summed E-state index contributed by atoms with van der Waals surface area (Å²) in [4.78, 5) is 24.7. The van der Waals surface area contributed by atoms with E-state index in [0.29, 0.717) is 5.56 Å². The summed E-state index contributed by atoms with van der Waals surface area (Å²) < 4.78 is 5.33. The molecular formula is C21H25NO3. The van der Waals surface area contributed by atoms with Crippen molar-refractivity contribution in [2.75, 3.05) is 5.32 Å². The van der Waals surface area contributed by atoms with Gasteiger partial charge in [-0.3, -0.25) is 4.79 Å². The van der Waals surface area contributed by atoms with Gasteiger partial charge in [-0.1, -0.05) is 34.9 Å². The van der Waals surface area contributed by atoms with Gasteiger partial charge in [0.25, 0.3) is 5.91 Å². The van der Waals surface area contributed by atoms with Crippen molar-refractivity contribution in [2.45, 2.75) is 47.6 Å². The lowest BCUT2D eigenvalue weighted by molar-refractivity contribution is -0.123. The maximum atomic E-state index is 12.4. The molecule has 0 unspecified atom stereocenters. The molecule has 0 saturated carbocycles. The van der Waals surface area contributed by atoms with Gasteiger partial charge in [0.1, 0.15) is 0 Å². The van der Waals surface area contributed by atoms with Crippen LogP contribution in [0.2, 0.25) is 0 Å². The summed E-state index contributed by atoms with van der Waals surface area (Å²) in [5.74, 6) is -0.834. The van der Waals surface area contributed by atoms with Crippen LogP contribution in [0.25, 0.3) is 0 Å². The fraction of sp³-hybridized carbons (Fsp3) is 0.333. The van der Waals surface area contributed by atoms with Crippen LogP contribution < -0.4 is 5.32 Å². The summed E-state index contributed by atoms with van der Waals surface area (Å²) in [5.41, 5.74) is 6.30. The molecule has 1 N–H and O–H groups in total. The molecule has 132 valence electrons. The van der Waals surface area contributed by atoms with Crippen LogP contribution in [0.1, 0.15) is 45.1 Å². The van der Waals surface area contributed by atoms with Gasteiger partial charge in [-0.15, -0.1) is 0 Å². The topological polar surface area (TPSA) is 55.4 Å². The second-order valence-corrected chi connectivity index (χ2v) is 6.69. The van der Waals surface area contributed by atoms with Crippen LogP contribution in [-0.4, -0.2) is 18.0 Å². The third-order valence-electron chi connectivity index (χ3n) is 4.04. The minimum Gasteiger partial charge on any atom is -0.449 e. The highest BCUT2D eigenvalue weighted by Crippen LogP contribution is 2.22. The molecule has 0 aliphatic carbocycles. The molecule has 0 radical (unpaired) electrons. The fourth-order valence-corrected chi connectivity index (χ4v) is 2.98. The zero-order valence-electron chi connectivity index (χ0n) is 15.7. The number of esters is 1. The van der Waals surface area contributed by atoms with Crippen molar-refractivity contribution in [1.82, 2.24) is 0 Å². The van der Waals surface area contributed by atoms with E-state index in [9.17, 15) is 9.59 Å². The first-order valence-corrected chi connectivity index (χ1v) is 8.35. The average molecular weight is 339 g/mol. The Morgan fingerprint density at radius 2 is 1.32 bits per heavy atom. The molecule has 1 atom stereocenters.